The van der Waals surface area contributed by atoms with E-state index in [4.69, 9.17) is 14.6 Å². The highest BCUT2D eigenvalue weighted by atomic mass is 32.1. The number of morpholine rings is 1. The lowest BCUT2D eigenvalue weighted by Crippen LogP contribution is -2.48. The van der Waals surface area contributed by atoms with Crippen molar-refractivity contribution in [3.63, 3.8) is 0 Å². The van der Waals surface area contributed by atoms with E-state index in [0.717, 1.165) is 59.2 Å². The van der Waals surface area contributed by atoms with E-state index < -0.39 is 0 Å². The van der Waals surface area contributed by atoms with Gasteiger partial charge in [-0.3, -0.25) is 14.3 Å². The SMILES string of the molecule is C[C@@H]1CN(C(=O)c2nn(CC(=O)N3CCC(Oc4ccc5sncc5c4)CC3)c3c2CCC3)C[C@H](C)O1. The van der Waals surface area contributed by atoms with Crippen molar-refractivity contribution in [2.24, 2.45) is 0 Å². The van der Waals surface area contributed by atoms with Gasteiger partial charge in [0, 0.05) is 61.9 Å². The van der Waals surface area contributed by atoms with Crippen LogP contribution in [0.25, 0.3) is 10.1 Å². The number of fused-ring (bicyclic) bond motifs is 2. The van der Waals surface area contributed by atoms with E-state index in [1.807, 2.05) is 48.0 Å². The van der Waals surface area contributed by atoms with Gasteiger partial charge in [-0.1, -0.05) is 0 Å². The van der Waals surface area contributed by atoms with Crippen molar-refractivity contribution < 1.29 is 19.1 Å². The maximum absolute atomic E-state index is 13.4. The van der Waals surface area contributed by atoms with Crippen molar-refractivity contribution in [3.05, 3.63) is 41.3 Å². The summed E-state index contributed by atoms with van der Waals surface area (Å²) in [6.45, 7) is 6.61. The molecule has 0 bridgehead atoms. The summed E-state index contributed by atoms with van der Waals surface area (Å²) in [7, 11) is 0. The largest absolute Gasteiger partial charge is 0.490 e. The lowest BCUT2D eigenvalue weighted by molar-refractivity contribution is -0.133. The molecule has 2 atom stereocenters. The van der Waals surface area contributed by atoms with Crippen molar-refractivity contribution >= 4 is 33.4 Å². The number of likely N-dealkylation sites (tertiary alicyclic amines) is 1. The molecule has 3 aliphatic rings. The van der Waals surface area contributed by atoms with Gasteiger partial charge in [0.15, 0.2) is 5.69 Å². The van der Waals surface area contributed by atoms with Gasteiger partial charge in [-0.15, -0.1) is 0 Å². The maximum atomic E-state index is 13.4. The fourth-order valence-electron chi connectivity index (χ4n) is 5.87. The van der Waals surface area contributed by atoms with Crippen LogP contribution < -0.4 is 4.74 Å². The van der Waals surface area contributed by atoms with Crippen LogP contribution in [-0.4, -0.2) is 80.3 Å². The summed E-state index contributed by atoms with van der Waals surface area (Å²) in [6, 6.07) is 6.07. The second-order valence-corrected chi connectivity index (χ2v) is 11.3. The number of aromatic nitrogens is 3. The Morgan fingerprint density at radius 2 is 1.89 bits per heavy atom. The second-order valence-electron chi connectivity index (χ2n) is 10.5. The van der Waals surface area contributed by atoms with E-state index in [1.165, 1.54) is 11.5 Å². The summed E-state index contributed by atoms with van der Waals surface area (Å²) < 4.78 is 19.2. The summed E-state index contributed by atoms with van der Waals surface area (Å²) in [5, 5.41) is 5.79. The molecule has 3 aromatic rings. The fourth-order valence-corrected chi connectivity index (χ4v) is 6.50. The van der Waals surface area contributed by atoms with Gasteiger partial charge in [0.2, 0.25) is 5.91 Å². The smallest absolute Gasteiger partial charge is 0.274 e. The molecule has 0 N–H and O–H groups in total. The minimum atomic E-state index is -0.0410. The van der Waals surface area contributed by atoms with E-state index in [0.29, 0.717) is 31.9 Å². The van der Waals surface area contributed by atoms with Crippen molar-refractivity contribution in [2.75, 3.05) is 26.2 Å². The molecule has 2 amide bonds. The van der Waals surface area contributed by atoms with Gasteiger partial charge in [0.25, 0.3) is 5.91 Å². The van der Waals surface area contributed by atoms with Crippen molar-refractivity contribution in [3.8, 4) is 5.75 Å². The van der Waals surface area contributed by atoms with Crippen LogP contribution in [0.15, 0.2) is 24.4 Å². The zero-order valence-corrected chi connectivity index (χ0v) is 22.2. The van der Waals surface area contributed by atoms with Crippen LogP contribution in [-0.2, 0) is 28.9 Å². The molecule has 0 radical (unpaired) electrons. The first kappa shape index (κ1) is 24.4. The Morgan fingerprint density at radius 3 is 2.68 bits per heavy atom. The predicted molar refractivity (Wildman–Crippen MR) is 140 cm³/mol. The molecule has 2 aliphatic heterocycles. The third-order valence-corrected chi connectivity index (χ3v) is 8.40. The fraction of sp³-hybridized carbons (Fsp3) is 0.556. The Bertz CT molecular complexity index is 1300. The number of carbonyl (C=O) groups is 2. The van der Waals surface area contributed by atoms with Crippen LogP contribution in [0, 0.1) is 0 Å². The predicted octanol–water partition coefficient (Wildman–Crippen LogP) is 3.30. The van der Waals surface area contributed by atoms with Gasteiger partial charge in [-0.2, -0.15) is 9.47 Å². The molecule has 1 aliphatic carbocycles. The first-order valence-electron chi connectivity index (χ1n) is 13.3. The summed E-state index contributed by atoms with van der Waals surface area (Å²) in [6.07, 6.45) is 6.24. The minimum Gasteiger partial charge on any atom is -0.490 e. The number of ether oxygens (including phenoxy) is 2. The molecule has 2 saturated heterocycles. The zero-order chi connectivity index (χ0) is 25.5. The van der Waals surface area contributed by atoms with Crippen LogP contribution in [0.3, 0.4) is 0 Å². The Balaban J connectivity index is 1.08. The first-order valence-corrected chi connectivity index (χ1v) is 14.0. The van der Waals surface area contributed by atoms with E-state index in [9.17, 15) is 9.59 Å². The molecular weight excluding hydrogens is 490 g/mol. The summed E-state index contributed by atoms with van der Waals surface area (Å²) >= 11 is 1.48. The van der Waals surface area contributed by atoms with Gasteiger partial charge in [-0.25, -0.2) is 0 Å². The van der Waals surface area contributed by atoms with Crippen molar-refractivity contribution in [2.45, 2.75) is 70.8 Å². The van der Waals surface area contributed by atoms with Crippen LogP contribution in [0.1, 0.15) is 54.9 Å². The average molecular weight is 524 g/mol. The summed E-state index contributed by atoms with van der Waals surface area (Å²) in [4.78, 5) is 30.4. The lowest BCUT2D eigenvalue weighted by atomic mass is 10.1. The number of rotatable bonds is 5. The van der Waals surface area contributed by atoms with E-state index in [2.05, 4.69) is 4.37 Å². The van der Waals surface area contributed by atoms with E-state index in [-0.39, 0.29) is 36.7 Å². The van der Waals surface area contributed by atoms with Gasteiger partial charge in [-0.05, 0) is 62.8 Å². The standard InChI is InChI=1S/C27H33N5O4S/c1-17-14-31(15-18(2)35-17)27(34)26-22-4-3-5-23(22)32(29-26)16-25(33)30-10-8-20(9-11-30)36-21-6-7-24-19(12-21)13-28-37-24/h6-7,12-13,17-18,20H,3-5,8-11,14-16H2,1-2H3/t17-,18+. The van der Waals surface area contributed by atoms with Crippen LogP contribution in [0.2, 0.25) is 0 Å². The normalized spacial score (nSPS) is 22.4. The zero-order valence-electron chi connectivity index (χ0n) is 21.4. The van der Waals surface area contributed by atoms with Crippen molar-refractivity contribution in [1.82, 2.24) is 24.0 Å². The number of benzene rings is 1. The molecule has 0 saturated carbocycles. The average Bonchev–Trinajstić information content (AvgIpc) is 3.61. The maximum Gasteiger partial charge on any atom is 0.274 e. The highest BCUT2D eigenvalue weighted by Gasteiger charge is 2.33. The van der Waals surface area contributed by atoms with Gasteiger partial charge < -0.3 is 19.3 Å². The Labute approximate surface area is 220 Å². The highest BCUT2D eigenvalue weighted by molar-refractivity contribution is 7.13. The van der Waals surface area contributed by atoms with Gasteiger partial charge in [0.1, 0.15) is 18.4 Å². The molecule has 10 heteroatoms. The second kappa shape index (κ2) is 10.1. The molecule has 196 valence electrons. The highest BCUT2D eigenvalue weighted by Crippen LogP contribution is 2.28. The first-order chi connectivity index (χ1) is 17.9. The molecule has 4 heterocycles. The Kier molecular flexibility index (Phi) is 6.62. The molecule has 2 aromatic heterocycles. The number of nitrogens with zero attached hydrogens (tertiary/aromatic N) is 5. The third kappa shape index (κ3) is 4.96. The Hall–Kier alpha value is -2.98. The molecule has 2 fully saturated rings. The van der Waals surface area contributed by atoms with E-state index in [1.54, 1.807) is 4.68 Å². The molecule has 0 unspecified atom stereocenters. The minimum absolute atomic E-state index is 0.00635. The Morgan fingerprint density at radius 1 is 1.11 bits per heavy atom. The number of hydrogen-bond donors (Lipinski definition) is 0. The van der Waals surface area contributed by atoms with Crippen LogP contribution >= 0.6 is 11.5 Å². The number of piperidine rings is 1. The molecular formula is C27H33N5O4S. The van der Waals surface area contributed by atoms with Crippen LogP contribution in [0.4, 0.5) is 0 Å². The lowest BCUT2D eigenvalue weighted by Gasteiger charge is -2.35. The summed E-state index contributed by atoms with van der Waals surface area (Å²) in [5.74, 6) is 0.862. The van der Waals surface area contributed by atoms with E-state index >= 15 is 0 Å². The molecule has 1 aromatic carbocycles. The molecule has 9 nitrogen and oxygen atoms in total. The number of hydrogen-bond acceptors (Lipinski definition) is 7. The van der Waals surface area contributed by atoms with Gasteiger partial charge >= 0.3 is 0 Å². The molecule has 6 rings (SSSR count). The van der Waals surface area contributed by atoms with Crippen LogP contribution in [0.5, 0.6) is 5.75 Å². The third-order valence-electron chi connectivity index (χ3n) is 7.62. The quantitative estimate of drug-likeness (QED) is 0.510. The number of carbonyl (C=O) groups excluding carboxylic acids is 2. The topological polar surface area (TPSA) is 89.8 Å². The summed E-state index contributed by atoms with van der Waals surface area (Å²) in [5.41, 5.74) is 2.59. The molecule has 0 spiro atoms. The van der Waals surface area contributed by atoms with Gasteiger partial charge in [0.05, 0.1) is 16.9 Å². The van der Waals surface area contributed by atoms with Crippen molar-refractivity contribution in [1.29, 1.82) is 0 Å². The monoisotopic (exact) mass is 523 g/mol. The number of amides is 2. The molecule has 37 heavy (non-hydrogen) atoms.